The van der Waals surface area contributed by atoms with Gasteiger partial charge in [0.1, 0.15) is 0 Å². The molecule has 1 atom stereocenters. The predicted octanol–water partition coefficient (Wildman–Crippen LogP) is 9.48. The summed E-state index contributed by atoms with van der Waals surface area (Å²) in [5.74, 6) is 1.20. The van der Waals surface area contributed by atoms with Gasteiger partial charge in [0, 0.05) is 29.2 Å². The number of rotatable bonds is 6. The minimum absolute atomic E-state index is 0.197. The van der Waals surface area contributed by atoms with Gasteiger partial charge in [0.15, 0.2) is 6.20 Å². The third-order valence-electron chi connectivity index (χ3n) is 10.7. The Morgan fingerprint density at radius 2 is 1.62 bits per heavy atom. The summed E-state index contributed by atoms with van der Waals surface area (Å²) in [6, 6.07) is 16.3. The summed E-state index contributed by atoms with van der Waals surface area (Å²) in [5.41, 5.74) is 10.9. The van der Waals surface area contributed by atoms with Crippen LogP contribution < -0.4 is 4.57 Å². The molecule has 1 aliphatic heterocycles. The number of benzene rings is 2. The molecule has 2 heteroatoms. The van der Waals surface area contributed by atoms with Crippen molar-refractivity contribution in [3.63, 3.8) is 0 Å². The monoisotopic (exact) mass is 527 g/mol. The maximum absolute atomic E-state index is 5.29. The van der Waals surface area contributed by atoms with Gasteiger partial charge in [0.05, 0.1) is 16.6 Å². The lowest BCUT2D eigenvalue weighted by atomic mass is 9.67. The van der Waals surface area contributed by atoms with E-state index < -0.39 is 0 Å². The number of fused-ring (bicyclic) bond motifs is 4. The predicted molar refractivity (Wildman–Crippen MR) is 168 cm³/mol. The molecule has 2 nitrogen and oxygen atoms in total. The van der Waals surface area contributed by atoms with Crippen LogP contribution in [0.4, 0.5) is 0 Å². The standard InChI is InChI=1S/C38H43N2/c1-8-24(9-2)28-19-29(25(10-3)11-4)22-38(21-28)31-20-26-14-12-13-15-30(26)34-33(31)35-32-27(16-17-40(35)38)18-23(5)39-36(32)37(34,6)7/h12-21,24-25H,8-11,22H2,1-7H3/q+1. The third-order valence-corrected chi connectivity index (χ3v) is 10.7. The zero-order chi connectivity index (χ0) is 28.0. The highest BCUT2D eigenvalue weighted by atomic mass is 15.1. The second-order valence-corrected chi connectivity index (χ2v) is 13.1. The molecule has 0 amide bonds. The van der Waals surface area contributed by atoms with Crippen molar-refractivity contribution in [2.24, 2.45) is 11.8 Å². The highest BCUT2D eigenvalue weighted by Crippen LogP contribution is 2.57. The molecule has 0 N–H and O–H groups in total. The number of pyridine rings is 2. The maximum atomic E-state index is 5.29. The smallest absolute Gasteiger partial charge is 0.224 e. The quantitative estimate of drug-likeness (QED) is 0.228. The van der Waals surface area contributed by atoms with Gasteiger partial charge in [0.2, 0.25) is 11.2 Å². The van der Waals surface area contributed by atoms with Crippen molar-refractivity contribution in [2.75, 3.05) is 0 Å². The molecule has 204 valence electrons. The summed E-state index contributed by atoms with van der Waals surface area (Å²) < 4.78 is 2.68. The molecule has 1 unspecified atom stereocenters. The van der Waals surface area contributed by atoms with E-state index in [9.17, 15) is 0 Å². The first kappa shape index (κ1) is 25.7. The molecule has 0 saturated carbocycles. The SMILES string of the molecule is CCC(CC)C1=CC2(CC(C(CC)CC)=C1)c1cc3ccccc3c3c1-c1c4c(nc(C)cc4cc[n+]12)C3(C)C. The van der Waals surface area contributed by atoms with Gasteiger partial charge in [-0.3, -0.25) is 4.98 Å². The topological polar surface area (TPSA) is 16.8 Å². The second kappa shape index (κ2) is 8.87. The largest absolute Gasteiger partial charge is 0.256 e. The minimum Gasteiger partial charge on any atom is -0.256 e. The first-order chi connectivity index (χ1) is 19.3. The molecule has 2 aromatic carbocycles. The Morgan fingerprint density at radius 3 is 2.35 bits per heavy atom. The summed E-state index contributed by atoms with van der Waals surface area (Å²) in [6.07, 6.45) is 13.5. The molecule has 40 heavy (non-hydrogen) atoms. The van der Waals surface area contributed by atoms with Crippen LogP contribution in [-0.2, 0) is 11.0 Å². The Morgan fingerprint density at radius 1 is 0.900 bits per heavy atom. The van der Waals surface area contributed by atoms with E-state index in [0.717, 1.165) is 12.1 Å². The van der Waals surface area contributed by atoms with E-state index >= 15 is 0 Å². The van der Waals surface area contributed by atoms with E-state index in [-0.39, 0.29) is 11.0 Å². The van der Waals surface area contributed by atoms with Crippen LogP contribution in [0.1, 0.15) is 96.2 Å². The number of allylic oxidation sites excluding steroid dienone is 4. The van der Waals surface area contributed by atoms with Gasteiger partial charge in [-0.1, -0.05) is 77.5 Å². The molecule has 3 heterocycles. The summed E-state index contributed by atoms with van der Waals surface area (Å²) in [6.45, 7) is 16.4. The van der Waals surface area contributed by atoms with E-state index in [0.29, 0.717) is 11.8 Å². The van der Waals surface area contributed by atoms with E-state index in [1.807, 2.05) is 0 Å². The molecule has 0 fully saturated rings. The molecule has 4 aromatic rings. The van der Waals surface area contributed by atoms with Crippen LogP contribution in [0.5, 0.6) is 0 Å². The lowest BCUT2D eigenvalue weighted by Crippen LogP contribution is -2.55. The minimum atomic E-state index is -0.217. The Hall–Kier alpha value is -3.26. The molecule has 2 aromatic heterocycles. The zero-order valence-corrected chi connectivity index (χ0v) is 25.4. The van der Waals surface area contributed by atoms with Crippen LogP contribution in [0, 0.1) is 18.8 Å². The van der Waals surface area contributed by atoms with E-state index in [1.165, 1.54) is 75.3 Å². The fourth-order valence-corrected chi connectivity index (χ4v) is 8.63. The molecule has 0 saturated heterocycles. The first-order valence-corrected chi connectivity index (χ1v) is 15.7. The average Bonchev–Trinajstić information content (AvgIpc) is 3.20. The van der Waals surface area contributed by atoms with Crippen molar-refractivity contribution < 1.29 is 4.57 Å². The van der Waals surface area contributed by atoms with Crippen LogP contribution in [0.15, 0.2) is 72.0 Å². The van der Waals surface area contributed by atoms with Crippen molar-refractivity contribution in [3.8, 4) is 11.3 Å². The molecule has 1 spiro atoms. The summed E-state index contributed by atoms with van der Waals surface area (Å²) in [5, 5.41) is 5.40. The number of nitrogens with zero attached hydrogens (tertiary/aromatic N) is 2. The summed E-state index contributed by atoms with van der Waals surface area (Å²) in [7, 11) is 0. The van der Waals surface area contributed by atoms with Gasteiger partial charge in [-0.25, -0.2) is 0 Å². The Kier molecular flexibility index (Phi) is 5.70. The van der Waals surface area contributed by atoms with E-state index in [1.54, 1.807) is 11.1 Å². The lowest BCUT2D eigenvalue weighted by molar-refractivity contribution is -0.726. The molecule has 7 rings (SSSR count). The number of aryl methyl sites for hydroxylation is 1. The molecule has 3 aliphatic rings. The van der Waals surface area contributed by atoms with Crippen molar-refractivity contribution in [1.82, 2.24) is 4.98 Å². The second-order valence-electron chi connectivity index (χ2n) is 13.1. The highest BCUT2D eigenvalue weighted by molar-refractivity contribution is 6.06. The van der Waals surface area contributed by atoms with Gasteiger partial charge in [-0.15, -0.1) is 0 Å². The van der Waals surface area contributed by atoms with Gasteiger partial charge in [-0.2, -0.15) is 4.57 Å². The first-order valence-electron chi connectivity index (χ1n) is 15.7. The lowest BCUT2D eigenvalue weighted by Gasteiger charge is -2.34. The molecule has 0 radical (unpaired) electrons. The Labute approximate surface area is 239 Å². The molecule has 0 bridgehead atoms. The van der Waals surface area contributed by atoms with Crippen LogP contribution in [0.2, 0.25) is 0 Å². The Bertz CT molecular complexity index is 1760. The van der Waals surface area contributed by atoms with Gasteiger partial charge >= 0.3 is 0 Å². The fourth-order valence-electron chi connectivity index (χ4n) is 8.63. The number of hydrogen-bond donors (Lipinski definition) is 0. The third kappa shape index (κ3) is 3.22. The van der Waals surface area contributed by atoms with Crippen LogP contribution in [0.25, 0.3) is 32.8 Å². The van der Waals surface area contributed by atoms with E-state index in [4.69, 9.17) is 4.98 Å². The highest BCUT2D eigenvalue weighted by Gasteiger charge is 2.57. The summed E-state index contributed by atoms with van der Waals surface area (Å²) in [4.78, 5) is 5.29. The van der Waals surface area contributed by atoms with Crippen LogP contribution in [0.3, 0.4) is 0 Å². The maximum Gasteiger partial charge on any atom is 0.224 e. The van der Waals surface area contributed by atoms with Crippen molar-refractivity contribution in [3.05, 3.63) is 94.5 Å². The van der Waals surface area contributed by atoms with Crippen molar-refractivity contribution in [2.45, 2.75) is 91.5 Å². The molecular formula is C38H43N2+. The Balaban J connectivity index is 1.67. The number of aromatic nitrogens is 2. The zero-order valence-electron chi connectivity index (χ0n) is 25.4. The number of hydrogen-bond acceptors (Lipinski definition) is 1. The normalized spacial score (nSPS) is 20.2. The van der Waals surface area contributed by atoms with E-state index in [2.05, 4.69) is 114 Å². The van der Waals surface area contributed by atoms with Crippen LogP contribution >= 0.6 is 0 Å². The fraction of sp³-hybridized carbons (Fsp3) is 0.421. The van der Waals surface area contributed by atoms with Crippen molar-refractivity contribution in [1.29, 1.82) is 0 Å². The van der Waals surface area contributed by atoms with Gasteiger partial charge in [-0.05, 0) is 89.9 Å². The molecular weight excluding hydrogens is 484 g/mol. The van der Waals surface area contributed by atoms with Gasteiger partial charge in [0.25, 0.3) is 0 Å². The van der Waals surface area contributed by atoms with Gasteiger partial charge < -0.3 is 0 Å². The van der Waals surface area contributed by atoms with Crippen LogP contribution in [-0.4, -0.2) is 4.98 Å². The molecule has 2 aliphatic carbocycles. The summed E-state index contributed by atoms with van der Waals surface area (Å²) >= 11 is 0. The average molecular weight is 528 g/mol. The van der Waals surface area contributed by atoms with Crippen molar-refractivity contribution >= 4 is 21.5 Å².